The van der Waals surface area contributed by atoms with Crippen LogP contribution in [0.5, 0.6) is 0 Å². The van der Waals surface area contributed by atoms with Gasteiger partial charge in [-0.2, -0.15) is 0 Å². The van der Waals surface area contributed by atoms with E-state index in [0.717, 1.165) is 30.5 Å². The van der Waals surface area contributed by atoms with E-state index in [1.54, 1.807) is 0 Å². The molecule has 3 aliphatic heterocycles. The van der Waals surface area contributed by atoms with Gasteiger partial charge in [-0.15, -0.1) is 0 Å². The first-order valence-corrected chi connectivity index (χ1v) is 9.92. The number of aromatic nitrogens is 1. The molecule has 3 aliphatic rings. The molecular formula is C23H24N2O2. The molecule has 0 unspecified atom stereocenters. The number of furan rings is 1. The van der Waals surface area contributed by atoms with Gasteiger partial charge in [0.15, 0.2) is 11.5 Å². The molecule has 5 heterocycles. The zero-order valence-corrected chi connectivity index (χ0v) is 15.4. The average molecular weight is 360 g/mol. The van der Waals surface area contributed by atoms with E-state index in [2.05, 4.69) is 16.0 Å². The fraction of sp³-hybridized carbons (Fsp3) is 0.391. The van der Waals surface area contributed by atoms with Gasteiger partial charge in [0.1, 0.15) is 5.58 Å². The van der Waals surface area contributed by atoms with Crippen molar-refractivity contribution in [3.63, 3.8) is 0 Å². The Morgan fingerprint density at radius 1 is 1.15 bits per heavy atom. The van der Waals surface area contributed by atoms with Gasteiger partial charge >= 0.3 is 0 Å². The number of hydrogen-bond donors (Lipinski definition) is 0. The van der Waals surface area contributed by atoms with Crippen LogP contribution in [0.4, 0.5) is 0 Å². The van der Waals surface area contributed by atoms with E-state index in [4.69, 9.17) is 4.42 Å². The molecule has 0 radical (unpaired) electrons. The minimum Gasteiger partial charge on any atom is -0.453 e. The number of para-hydroxylation sites is 1. The summed E-state index contributed by atoms with van der Waals surface area (Å²) in [6.07, 6.45) is 7.75. The third kappa shape index (κ3) is 3.19. The molecular weight excluding hydrogens is 336 g/mol. The van der Waals surface area contributed by atoms with Crippen molar-refractivity contribution < 1.29 is 9.21 Å². The molecule has 2 bridgehead atoms. The van der Waals surface area contributed by atoms with Crippen LogP contribution in [0.2, 0.25) is 0 Å². The molecule has 4 heteroatoms. The number of ketones is 1. The Bertz CT molecular complexity index is 908. The summed E-state index contributed by atoms with van der Waals surface area (Å²) in [4.78, 5) is 19.9. The second kappa shape index (κ2) is 6.93. The fourth-order valence-corrected chi connectivity index (χ4v) is 5.04. The van der Waals surface area contributed by atoms with Crippen molar-refractivity contribution in [2.45, 2.75) is 31.7 Å². The average Bonchev–Trinajstić information content (AvgIpc) is 3.16. The van der Waals surface area contributed by atoms with Gasteiger partial charge in [-0.3, -0.25) is 14.7 Å². The van der Waals surface area contributed by atoms with Crippen LogP contribution in [0.15, 0.2) is 59.3 Å². The number of carbonyl (C=O) groups excluding carboxylic acids is 1. The lowest BCUT2D eigenvalue weighted by Gasteiger charge is -2.51. The predicted molar refractivity (Wildman–Crippen MR) is 105 cm³/mol. The van der Waals surface area contributed by atoms with E-state index in [0.29, 0.717) is 30.1 Å². The van der Waals surface area contributed by atoms with Crippen molar-refractivity contribution >= 4 is 16.8 Å². The summed E-state index contributed by atoms with van der Waals surface area (Å²) in [7, 11) is 0. The Labute approximate surface area is 159 Å². The van der Waals surface area contributed by atoms with Gasteiger partial charge in [0, 0.05) is 30.2 Å². The van der Waals surface area contributed by atoms with E-state index >= 15 is 0 Å². The highest BCUT2D eigenvalue weighted by molar-refractivity contribution is 5.97. The zero-order valence-electron chi connectivity index (χ0n) is 15.4. The monoisotopic (exact) mass is 360 g/mol. The lowest BCUT2D eigenvalue weighted by atomic mass is 9.70. The number of Topliss-reactive ketones (excluding diaryl/α,β-unsaturated/α-hetero) is 1. The molecule has 1 aromatic carbocycles. The third-order valence-corrected chi connectivity index (χ3v) is 6.43. The quantitative estimate of drug-likeness (QED) is 0.635. The van der Waals surface area contributed by atoms with Crippen LogP contribution in [0, 0.1) is 11.8 Å². The minimum absolute atomic E-state index is 0.140. The SMILES string of the molecule is O=C(C[C@@H]1C2CCN(CC2)[C@@H]1Cc1cccnc1)c1cc2ccccc2o1. The third-order valence-electron chi connectivity index (χ3n) is 6.43. The molecule has 0 N–H and O–H groups in total. The van der Waals surface area contributed by atoms with Gasteiger partial charge in [0.25, 0.3) is 0 Å². The van der Waals surface area contributed by atoms with Crippen molar-refractivity contribution in [3.8, 4) is 0 Å². The lowest BCUT2D eigenvalue weighted by molar-refractivity contribution is -0.0115. The summed E-state index contributed by atoms with van der Waals surface area (Å²) < 4.78 is 5.83. The van der Waals surface area contributed by atoms with Crippen LogP contribution in [0.3, 0.4) is 0 Å². The number of pyridine rings is 1. The number of carbonyl (C=O) groups is 1. The summed E-state index contributed by atoms with van der Waals surface area (Å²) in [5.41, 5.74) is 2.05. The molecule has 0 saturated carbocycles. The zero-order chi connectivity index (χ0) is 18.2. The smallest absolute Gasteiger partial charge is 0.198 e. The summed E-state index contributed by atoms with van der Waals surface area (Å²) in [5, 5.41) is 1.00. The molecule has 0 amide bonds. The second-order valence-electron chi connectivity index (χ2n) is 7.95. The highest BCUT2D eigenvalue weighted by Crippen LogP contribution is 2.41. The van der Waals surface area contributed by atoms with Crippen LogP contribution >= 0.6 is 0 Å². The maximum absolute atomic E-state index is 13.0. The summed E-state index contributed by atoms with van der Waals surface area (Å²) in [6, 6.07) is 14.3. The first kappa shape index (κ1) is 16.7. The molecule has 0 aliphatic carbocycles. The van der Waals surface area contributed by atoms with Crippen molar-refractivity contribution in [1.82, 2.24) is 9.88 Å². The van der Waals surface area contributed by atoms with E-state index in [-0.39, 0.29) is 5.78 Å². The van der Waals surface area contributed by atoms with Gasteiger partial charge < -0.3 is 4.42 Å². The van der Waals surface area contributed by atoms with Crippen LogP contribution in [0.1, 0.15) is 35.4 Å². The molecule has 3 saturated heterocycles. The molecule has 138 valence electrons. The number of fused-ring (bicyclic) bond motifs is 4. The normalized spacial score (nSPS) is 27.1. The number of piperidine rings is 3. The largest absolute Gasteiger partial charge is 0.453 e. The van der Waals surface area contributed by atoms with E-state index in [1.807, 2.05) is 48.8 Å². The molecule has 6 rings (SSSR count). The molecule has 3 aromatic rings. The first-order chi connectivity index (χ1) is 13.3. The van der Waals surface area contributed by atoms with E-state index in [1.165, 1.54) is 18.4 Å². The van der Waals surface area contributed by atoms with Crippen molar-refractivity contribution in [3.05, 3.63) is 66.2 Å². The Morgan fingerprint density at radius 3 is 2.78 bits per heavy atom. The molecule has 0 spiro atoms. The van der Waals surface area contributed by atoms with Gasteiger partial charge in [-0.05, 0) is 68.0 Å². The number of benzene rings is 1. The fourth-order valence-electron chi connectivity index (χ4n) is 5.04. The summed E-state index contributed by atoms with van der Waals surface area (Å²) >= 11 is 0. The topological polar surface area (TPSA) is 46.3 Å². The Balaban J connectivity index is 1.38. The highest BCUT2D eigenvalue weighted by atomic mass is 16.3. The second-order valence-corrected chi connectivity index (χ2v) is 7.95. The van der Waals surface area contributed by atoms with Gasteiger partial charge in [-0.25, -0.2) is 0 Å². The predicted octanol–water partition coefficient (Wildman–Crippen LogP) is 4.35. The van der Waals surface area contributed by atoms with Crippen molar-refractivity contribution in [2.75, 3.05) is 13.1 Å². The van der Waals surface area contributed by atoms with E-state index < -0.39 is 0 Å². The summed E-state index contributed by atoms with van der Waals surface area (Å²) in [6.45, 7) is 2.32. The lowest BCUT2D eigenvalue weighted by Crippen LogP contribution is -2.56. The number of nitrogens with zero attached hydrogens (tertiary/aromatic N) is 2. The van der Waals surface area contributed by atoms with Crippen LogP contribution in [0.25, 0.3) is 11.0 Å². The Kier molecular flexibility index (Phi) is 4.29. The first-order valence-electron chi connectivity index (χ1n) is 9.92. The number of rotatable bonds is 5. The highest BCUT2D eigenvalue weighted by Gasteiger charge is 2.43. The molecule has 2 atom stereocenters. The maximum Gasteiger partial charge on any atom is 0.198 e. The maximum atomic E-state index is 13.0. The molecule has 2 aromatic heterocycles. The van der Waals surface area contributed by atoms with Crippen molar-refractivity contribution in [2.24, 2.45) is 11.8 Å². The molecule has 27 heavy (non-hydrogen) atoms. The van der Waals surface area contributed by atoms with Crippen LogP contribution in [-0.2, 0) is 6.42 Å². The van der Waals surface area contributed by atoms with Crippen LogP contribution < -0.4 is 0 Å². The standard InChI is InChI=1S/C23H24N2O2/c26-21(23-13-18-5-1-2-6-22(18)27-23)14-19-17-7-10-25(11-8-17)20(19)12-16-4-3-9-24-15-16/h1-6,9,13,15,17,19-20H,7-8,10-12,14H2/t19-,20-/m1/s1. The van der Waals surface area contributed by atoms with Gasteiger partial charge in [0.2, 0.25) is 0 Å². The van der Waals surface area contributed by atoms with E-state index in [9.17, 15) is 4.79 Å². The minimum atomic E-state index is 0.140. The molecule has 4 nitrogen and oxygen atoms in total. The van der Waals surface area contributed by atoms with Crippen molar-refractivity contribution in [1.29, 1.82) is 0 Å². The Morgan fingerprint density at radius 2 is 2.00 bits per heavy atom. The summed E-state index contributed by atoms with van der Waals surface area (Å²) in [5.74, 6) is 1.69. The molecule has 3 fully saturated rings. The van der Waals surface area contributed by atoms with Gasteiger partial charge in [0.05, 0.1) is 0 Å². The van der Waals surface area contributed by atoms with Crippen LogP contribution in [-0.4, -0.2) is 34.8 Å². The van der Waals surface area contributed by atoms with Gasteiger partial charge in [-0.1, -0.05) is 24.3 Å². The Hall–Kier alpha value is -2.46. The number of hydrogen-bond acceptors (Lipinski definition) is 4.